The molecule has 0 radical (unpaired) electrons. The highest BCUT2D eigenvalue weighted by molar-refractivity contribution is 6.51. The number of aliphatic hydroxyl groups excluding tert-OH is 1. The van der Waals surface area contributed by atoms with Gasteiger partial charge in [-0.05, 0) is 60.7 Å². The molecule has 34 heavy (non-hydrogen) atoms. The molecule has 3 aromatic carbocycles. The summed E-state index contributed by atoms with van der Waals surface area (Å²) in [6, 6.07) is 17.2. The number of benzene rings is 3. The molecule has 0 unspecified atom stereocenters. The van der Waals surface area contributed by atoms with Crippen molar-refractivity contribution in [3.63, 3.8) is 0 Å². The molecule has 174 valence electrons. The molecule has 0 spiro atoms. The molecule has 1 aliphatic heterocycles. The molecule has 1 heterocycles. The third kappa shape index (κ3) is 4.06. The molecule has 1 atom stereocenters. The average Bonchev–Trinajstić information content (AvgIpc) is 3.13. The van der Waals surface area contributed by atoms with E-state index in [0.29, 0.717) is 39.1 Å². The average molecular weight is 480 g/mol. The minimum Gasteiger partial charge on any atom is -0.507 e. The lowest BCUT2D eigenvalue weighted by molar-refractivity contribution is -0.132. The van der Waals surface area contributed by atoms with Gasteiger partial charge in [-0.3, -0.25) is 14.5 Å². The Morgan fingerprint density at radius 2 is 1.47 bits per heavy atom. The predicted octanol–water partition coefficient (Wildman–Crippen LogP) is 4.99. The van der Waals surface area contributed by atoms with Crippen LogP contribution in [0.5, 0.6) is 17.2 Å². The van der Waals surface area contributed by atoms with Gasteiger partial charge in [0.2, 0.25) is 0 Å². The first-order valence-electron chi connectivity index (χ1n) is 10.3. The van der Waals surface area contributed by atoms with Crippen molar-refractivity contribution in [3.8, 4) is 17.2 Å². The molecule has 1 amide bonds. The van der Waals surface area contributed by atoms with E-state index in [1.54, 1.807) is 66.7 Å². The number of hydrogen-bond acceptors (Lipinski definition) is 6. The molecular weight excluding hydrogens is 458 g/mol. The summed E-state index contributed by atoms with van der Waals surface area (Å²) in [6.07, 6.45) is 0. The summed E-state index contributed by atoms with van der Waals surface area (Å²) >= 11 is 5.98. The lowest BCUT2D eigenvalue weighted by atomic mass is 9.94. The zero-order valence-corrected chi connectivity index (χ0v) is 19.5. The van der Waals surface area contributed by atoms with E-state index in [2.05, 4.69) is 0 Å². The predicted molar refractivity (Wildman–Crippen MR) is 129 cm³/mol. The molecule has 0 aromatic heterocycles. The highest BCUT2D eigenvalue weighted by Gasteiger charge is 2.48. The molecule has 4 rings (SSSR count). The molecule has 0 aliphatic carbocycles. The van der Waals surface area contributed by atoms with Crippen LogP contribution in [0.3, 0.4) is 0 Å². The van der Waals surface area contributed by atoms with Crippen molar-refractivity contribution in [1.29, 1.82) is 0 Å². The number of anilines is 1. The van der Waals surface area contributed by atoms with Crippen LogP contribution in [-0.4, -0.2) is 38.1 Å². The monoisotopic (exact) mass is 479 g/mol. The topological polar surface area (TPSA) is 85.3 Å². The van der Waals surface area contributed by atoms with Gasteiger partial charge in [0, 0.05) is 27.9 Å². The standard InChI is InChI=1S/C26H22ClNO6/c1-32-18-10-8-17(9-11-18)28-23(20-13-12-19(33-2)14-21(20)34-3)22(25(30)26(28)31)24(29)15-4-6-16(27)7-5-15/h4-14,23,29H,1-3H3/b24-22+/t23-/m1/s1. The Labute approximate surface area is 201 Å². The van der Waals surface area contributed by atoms with Crippen molar-refractivity contribution in [3.05, 3.63) is 88.5 Å². The zero-order chi connectivity index (χ0) is 24.4. The maximum absolute atomic E-state index is 13.3. The van der Waals surface area contributed by atoms with E-state index in [-0.39, 0.29) is 11.3 Å². The number of hydrogen-bond donors (Lipinski definition) is 1. The van der Waals surface area contributed by atoms with Gasteiger partial charge in [-0.25, -0.2) is 0 Å². The van der Waals surface area contributed by atoms with E-state index in [1.165, 1.54) is 26.2 Å². The van der Waals surface area contributed by atoms with Crippen LogP contribution in [0.2, 0.25) is 5.02 Å². The second-order valence-corrected chi connectivity index (χ2v) is 7.92. The summed E-state index contributed by atoms with van der Waals surface area (Å²) < 4.78 is 16.1. The summed E-state index contributed by atoms with van der Waals surface area (Å²) in [7, 11) is 4.55. The van der Waals surface area contributed by atoms with Gasteiger partial charge in [-0.2, -0.15) is 0 Å². The van der Waals surface area contributed by atoms with Crippen molar-refractivity contribution in [1.82, 2.24) is 0 Å². The Kier molecular flexibility index (Phi) is 6.47. The van der Waals surface area contributed by atoms with Crippen LogP contribution in [0, 0.1) is 0 Å². The van der Waals surface area contributed by atoms with E-state index in [4.69, 9.17) is 25.8 Å². The molecule has 3 aromatic rings. The maximum Gasteiger partial charge on any atom is 0.300 e. The fraction of sp³-hybridized carbons (Fsp3) is 0.154. The van der Waals surface area contributed by atoms with Crippen molar-refractivity contribution >= 4 is 34.7 Å². The highest BCUT2D eigenvalue weighted by Crippen LogP contribution is 2.45. The van der Waals surface area contributed by atoms with Crippen LogP contribution in [0.15, 0.2) is 72.3 Å². The quantitative estimate of drug-likeness (QED) is 0.304. The second kappa shape index (κ2) is 9.49. The van der Waals surface area contributed by atoms with E-state index in [0.717, 1.165) is 0 Å². The maximum atomic E-state index is 13.3. The number of methoxy groups -OCH3 is 3. The number of rotatable bonds is 6. The van der Waals surface area contributed by atoms with Gasteiger partial charge in [0.25, 0.3) is 11.7 Å². The van der Waals surface area contributed by atoms with Crippen LogP contribution in [-0.2, 0) is 9.59 Å². The molecule has 0 bridgehead atoms. The summed E-state index contributed by atoms with van der Waals surface area (Å²) in [4.78, 5) is 27.9. The minimum atomic E-state index is -0.954. The minimum absolute atomic E-state index is 0.0633. The van der Waals surface area contributed by atoms with Crippen LogP contribution in [0.1, 0.15) is 17.2 Å². The van der Waals surface area contributed by atoms with Gasteiger partial charge in [-0.1, -0.05) is 11.6 Å². The number of ether oxygens (including phenoxy) is 3. The van der Waals surface area contributed by atoms with Crippen molar-refractivity contribution in [2.45, 2.75) is 6.04 Å². The van der Waals surface area contributed by atoms with Gasteiger partial charge in [-0.15, -0.1) is 0 Å². The van der Waals surface area contributed by atoms with Crippen LogP contribution in [0.25, 0.3) is 5.76 Å². The zero-order valence-electron chi connectivity index (χ0n) is 18.7. The third-order valence-electron chi connectivity index (χ3n) is 5.65. The second-order valence-electron chi connectivity index (χ2n) is 7.48. The number of nitrogens with zero attached hydrogens (tertiary/aromatic N) is 1. The number of halogens is 1. The fourth-order valence-corrected chi connectivity index (χ4v) is 4.07. The molecule has 7 nitrogen and oxygen atoms in total. The van der Waals surface area contributed by atoms with Crippen molar-refractivity contribution in [2.24, 2.45) is 0 Å². The van der Waals surface area contributed by atoms with Crippen molar-refractivity contribution < 1.29 is 28.9 Å². The van der Waals surface area contributed by atoms with Gasteiger partial charge in [0.15, 0.2) is 0 Å². The largest absolute Gasteiger partial charge is 0.507 e. The molecule has 1 fully saturated rings. The number of ketones is 1. The molecular formula is C26H22ClNO6. The Hall–Kier alpha value is -3.97. The summed E-state index contributed by atoms with van der Waals surface area (Å²) in [5.74, 6) is -0.366. The highest BCUT2D eigenvalue weighted by atomic mass is 35.5. The Morgan fingerprint density at radius 3 is 2.06 bits per heavy atom. The molecule has 1 saturated heterocycles. The lowest BCUT2D eigenvalue weighted by Gasteiger charge is -2.27. The summed E-state index contributed by atoms with van der Waals surface area (Å²) in [6.45, 7) is 0. The van der Waals surface area contributed by atoms with E-state index in [1.807, 2.05) is 0 Å². The van der Waals surface area contributed by atoms with Gasteiger partial charge in [0.05, 0.1) is 32.9 Å². The molecule has 0 saturated carbocycles. The number of amides is 1. The summed E-state index contributed by atoms with van der Waals surface area (Å²) in [5.41, 5.74) is 1.26. The van der Waals surface area contributed by atoms with Crippen LogP contribution >= 0.6 is 11.6 Å². The molecule has 8 heteroatoms. The first kappa shape index (κ1) is 23.2. The molecule has 1 N–H and O–H groups in total. The Morgan fingerprint density at radius 1 is 0.853 bits per heavy atom. The SMILES string of the molecule is COc1ccc(N2C(=O)C(=O)/C(=C(/O)c3ccc(Cl)cc3)[C@H]2c2ccc(OC)cc2OC)cc1. The Bertz CT molecular complexity index is 1270. The smallest absolute Gasteiger partial charge is 0.300 e. The Balaban J connectivity index is 1.96. The first-order chi connectivity index (χ1) is 16.4. The normalized spacial score (nSPS) is 17.1. The van der Waals surface area contributed by atoms with Crippen molar-refractivity contribution in [2.75, 3.05) is 26.2 Å². The van der Waals surface area contributed by atoms with Gasteiger partial charge >= 0.3 is 0 Å². The van der Waals surface area contributed by atoms with E-state index < -0.39 is 17.7 Å². The number of aliphatic hydroxyl groups is 1. The number of carbonyl (C=O) groups excluding carboxylic acids is 2. The fourth-order valence-electron chi connectivity index (χ4n) is 3.94. The summed E-state index contributed by atoms with van der Waals surface area (Å²) in [5, 5.41) is 11.7. The molecule has 1 aliphatic rings. The van der Waals surface area contributed by atoms with E-state index >= 15 is 0 Å². The van der Waals surface area contributed by atoms with E-state index in [9.17, 15) is 14.7 Å². The first-order valence-corrected chi connectivity index (χ1v) is 10.7. The van der Waals surface area contributed by atoms with Gasteiger partial charge in [0.1, 0.15) is 23.0 Å². The third-order valence-corrected chi connectivity index (χ3v) is 5.90. The van der Waals surface area contributed by atoms with Gasteiger partial charge < -0.3 is 19.3 Å². The number of carbonyl (C=O) groups is 2. The lowest BCUT2D eigenvalue weighted by Crippen LogP contribution is -2.29. The van der Waals surface area contributed by atoms with Crippen LogP contribution in [0.4, 0.5) is 5.69 Å². The number of Topliss-reactive ketones (excluding diaryl/α,β-unsaturated/α-hetero) is 1. The van der Waals surface area contributed by atoms with Crippen LogP contribution < -0.4 is 19.1 Å².